The number of benzene rings is 4. The maximum atomic E-state index is 9.54. The molecule has 8 fully saturated rings. The molecule has 8 aliphatic rings. The Bertz CT molecular complexity index is 2150. The molecule has 54 heavy (non-hydrogen) atoms. The minimum Gasteiger partial charge on any atom is -0.208 e. The first-order valence-electron chi connectivity index (χ1n) is 20.5. The number of nitrogens with zero attached hydrogens (tertiary/aromatic N) is 5. The van der Waals surface area contributed by atoms with Gasteiger partial charge in [-0.15, -0.1) is 0 Å². The monoisotopic (exact) mass is 703 g/mol. The van der Waals surface area contributed by atoms with Crippen LogP contribution >= 0.6 is 0 Å². The lowest BCUT2D eigenvalue weighted by atomic mass is 9.48. The molecule has 8 bridgehead atoms. The highest BCUT2D eigenvalue weighted by Gasteiger charge is 2.52. The predicted octanol–water partition coefficient (Wildman–Crippen LogP) is 11.2. The molecule has 8 aliphatic carbocycles. The molecule has 0 aliphatic heterocycles. The summed E-state index contributed by atoms with van der Waals surface area (Å²) < 4.78 is 0. The van der Waals surface area contributed by atoms with Gasteiger partial charge in [0.15, 0.2) is 17.5 Å². The van der Waals surface area contributed by atoms with Gasteiger partial charge in [0.1, 0.15) is 0 Å². The van der Waals surface area contributed by atoms with Crippen LogP contribution in [0.2, 0.25) is 0 Å². The molecule has 0 N–H and O–H groups in total. The third-order valence-electron chi connectivity index (χ3n) is 14.9. The van der Waals surface area contributed by atoms with Crippen molar-refractivity contribution in [3.8, 4) is 57.4 Å². The van der Waals surface area contributed by atoms with E-state index in [4.69, 9.17) is 15.0 Å². The third-order valence-corrected chi connectivity index (χ3v) is 14.9. The Labute approximate surface area is 318 Å². The van der Waals surface area contributed by atoms with Crippen molar-refractivity contribution >= 4 is 0 Å². The Hall–Kier alpha value is -5.13. The van der Waals surface area contributed by atoms with E-state index in [0.29, 0.717) is 39.4 Å². The minimum absolute atomic E-state index is 0.351. The highest BCUT2D eigenvalue weighted by Crippen LogP contribution is 2.62. The fourth-order valence-electron chi connectivity index (χ4n) is 13.4. The first-order valence-corrected chi connectivity index (χ1v) is 20.5. The Morgan fingerprint density at radius 3 is 1.00 bits per heavy atom. The quantitative estimate of drug-likeness (QED) is 0.176. The zero-order valence-corrected chi connectivity index (χ0v) is 30.8. The fourth-order valence-corrected chi connectivity index (χ4v) is 13.4. The van der Waals surface area contributed by atoms with Crippen molar-refractivity contribution < 1.29 is 0 Å². The second-order valence-corrected chi connectivity index (χ2v) is 18.5. The molecule has 266 valence electrons. The summed E-state index contributed by atoms with van der Waals surface area (Å²) in [6, 6.07) is 36.3. The van der Waals surface area contributed by atoms with Gasteiger partial charge in [-0.25, -0.2) is 15.0 Å². The van der Waals surface area contributed by atoms with Gasteiger partial charge in [0.25, 0.3) is 0 Å². The van der Waals surface area contributed by atoms with Gasteiger partial charge in [-0.1, -0.05) is 72.8 Å². The van der Waals surface area contributed by atoms with Crippen molar-refractivity contribution in [1.82, 2.24) is 15.0 Å². The van der Waals surface area contributed by atoms with Crippen molar-refractivity contribution in [2.45, 2.75) is 87.9 Å². The van der Waals surface area contributed by atoms with Crippen molar-refractivity contribution in [2.75, 3.05) is 0 Å². The SMILES string of the molecule is N#Cc1cc(C#N)cc(-c2ccc(-c3nc(-c4ccc(C56C[C@H]7C[C@@H](C5)C[C@@H](C6)C7)cc4)nc(-c4ccc(C56C[C@H]7C[C@H](C5)C[C@@H](C6)C7)cc4)n3)cc2)c1. The van der Waals surface area contributed by atoms with Crippen LogP contribution in [-0.2, 0) is 10.8 Å². The molecule has 13 rings (SSSR count). The van der Waals surface area contributed by atoms with E-state index >= 15 is 0 Å². The Kier molecular flexibility index (Phi) is 7.30. The second kappa shape index (κ2) is 12.2. The van der Waals surface area contributed by atoms with E-state index in [1.807, 2.05) is 36.4 Å². The van der Waals surface area contributed by atoms with E-state index in [1.165, 1.54) is 88.2 Å². The van der Waals surface area contributed by atoms with Crippen LogP contribution in [-0.4, -0.2) is 15.0 Å². The summed E-state index contributed by atoms with van der Waals surface area (Å²) >= 11 is 0. The van der Waals surface area contributed by atoms with E-state index in [1.54, 1.807) is 6.07 Å². The first kappa shape index (κ1) is 32.3. The van der Waals surface area contributed by atoms with E-state index in [9.17, 15) is 10.5 Å². The second-order valence-electron chi connectivity index (χ2n) is 18.5. The number of rotatable bonds is 6. The number of nitriles is 2. The van der Waals surface area contributed by atoms with Crippen LogP contribution in [0.25, 0.3) is 45.3 Å². The van der Waals surface area contributed by atoms with Gasteiger partial charge in [0.2, 0.25) is 0 Å². The van der Waals surface area contributed by atoms with Crippen LogP contribution in [0.3, 0.4) is 0 Å². The summed E-state index contributed by atoms with van der Waals surface area (Å²) in [6.07, 6.45) is 16.8. The zero-order chi connectivity index (χ0) is 36.0. The van der Waals surface area contributed by atoms with Crippen molar-refractivity contribution in [1.29, 1.82) is 10.5 Å². The Balaban J connectivity index is 0.954. The average molecular weight is 704 g/mol. The van der Waals surface area contributed by atoms with Crippen molar-refractivity contribution in [2.24, 2.45) is 35.5 Å². The highest BCUT2D eigenvalue weighted by atomic mass is 15.0. The summed E-state index contributed by atoms with van der Waals surface area (Å²) in [4.78, 5) is 15.4. The molecule has 8 saturated carbocycles. The molecule has 4 aromatic carbocycles. The summed E-state index contributed by atoms with van der Waals surface area (Å²) in [5.74, 6) is 7.50. The van der Waals surface area contributed by atoms with Crippen LogP contribution in [0.4, 0.5) is 0 Å². The molecular weight excluding hydrogens is 659 g/mol. The van der Waals surface area contributed by atoms with Gasteiger partial charge < -0.3 is 0 Å². The smallest absolute Gasteiger partial charge is 0.164 e. The topological polar surface area (TPSA) is 86.2 Å². The van der Waals surface area contributed by atoms with Crippen LogP contribution in [0, 0.1) is 58.2 Å². The van der Waals surface area contributed by atoms with Gasteiger partial charge in [-0.3, -0.25) is 0 Å². The standard InChI is InChI=1S/C49H45N5/c50-28-36-19-37(29-51)21-42(20-36)38-1-3-39(4-2-38)45-52-46(40-5-9-43(10-6-40)48-22-30-13-31(23-48)15-32(14-30)24-48)54-47(53-45)41-7-11-44(12-8-41)49-25-33-16-34(26-49)18-35(17-33)27-49/h1-12,19-21,30-35H,13-18,22-27H2/t30-,31-,32-,33-,34+,35-,48?,49?. The van der Waals surface area contributed by atoms with E-state index < -0.39 is 0 Å². The number of hydrogen-bond donors (Lipinski definition) is 0. The van der Waals surface area contributed by atoms with Gasteiger partial charge in [-0.2, -0.15) is 10.5 Å². The third kappa shape index (κ3) is 5.42. The molecule has 0 unspecified atom stereocenters. The molecule has 0 amide bonds. The maximum absolute atomic E-state index is 9.54. The zero-order valence-electron chi connectivity index (χ0n) is 30.8. The van der Waals surface area contributed by atoms with Gasteiger partial charge in [0, 0.05) is 16.7 Å². The number of hydrogen-bond acceptors (Lipinski definition) is 5. The van der Waals surface area contributed by atoms with Crippen LogP contribution in [0.5, 0.6) is 0 Å². The average Bonchev–Trinajstić information content (AvgIpc) is 3.19. The lowest BCUT2D eigenvalue weighted by Gasteiger charge is -2.57. The fraction of sp³-hybridized carbons (Fsp3) is 0.408. The lowest BCUT2D eigenvalue weighted by Crippen LogP contribution is -2.48. The highest BCUT2D eigenvalue weighted by molar-refractivity contribution is 5.72. The van der Waals surface area contributed by atoms with Crippen LogP contribution in [0.15, 0.2) is 91.0 Å². The molecule has 5 aromatic rings. The molecule has 0 atom stereocenters. The normalized spacial score (nSPS) is 31.3. The van der Waals surface area contributed by atoms with E-state index in [2.05, 4.69) is 60.7 Å². The van der Waals surface area contributed by atoms with Crippen molar-refractivity contribution in [3.05, 3.63) is 113 Å². The molecular formula is C49H45N5. The van der Waals surface area contributed by atoms with Gasteiger partial charge in [-0.05, 0) is 164 Å². The summed E-state index contributed by atoms with van der Waals surface area (Å²) in [6.45, 7) is 0. The number of aromatic nitrogens is 3. The van der Waals surface area contributed by atoms with Crippen molar-refractivity contribution in [3.63, 3.8) is 0 Å². The molecule has 1 heterocycles. The van der Waals surface area contributed by atoms with Crippen LogP contribution in [0.1, 0.15) is 99.3 Å². The molecule has 0 saturated heterocycles. The minimum atomic E-state index is 0.351. The summed E-state index contributed by atoms with van der Waals surface area (Å²) in [7, 11) is 0. The Morgan fingerprint density at radius 2 is 0.685 bits per heavy atom. The lowest BCUT2D eigenvalue weighted by molar-refractivity contribution is -0.00530. The summed E-state index contributed by atoms with van der Waals surface area (Å²) in [5, 5.41) is 19.1. The van der Waals surface area contributed by atoms with Gasteiger partial charge >= 0.3 is 0 Å². The van der Waals surface area contributed by atoms with Gasteiger partial charge in [0.05, 0.1) is 23.3 Å². The molecule has 1 aromatic heterocycles. The molecule has 0 spiro atoms. The largest absolute Gasteiger partial charge is 0.208 e. The summed E-state index contributed by atoms with van der Waals surface area (Å²) in [5.41, 5.74) is 9.39. The maximum Gasteiger partial charge on any atom is 0.164 e. The Morgan fingerprint density at radius 1 is 0.389 bits per heavy atom. The van der Waals surface area contributed by atoms with E-state index in [0.717, 1.165) is 63.3 Å². The van der Waals surface area contributed by atoms with Crippen LogP contribution < -0.4 is 0 Å². The first-order chi connectivity index (χ1) is 26.4. The predicted molar refractivity (Wildman–Crippen MR) is 211 cm³/mol. The molecule has 5 heteroatoms. The molecule has 5 nitrogen and oxygen atoms in total. The molecule has 0 radical (unpaired) electrons. The van der Waals surface area contributed by atoms with E-state index in [-0.39, 0.29) is 0 Å².